The van der Waals surface area contributed by atoms with E-state index in [0.717, 1.165) is 0 Å². The third-order valence-corrected chi connectivity index (χ3v) is 2.15. The van der Waals surface area contributed by atoms with Gasteiger partial charge in [-0.3, -0.25) is 9.00 Å². The van der Waals surface area contributed by atoms with E-state index in [0.29, 0.717) is 10.6 Å². The predicted molar refractivity (Wildman–Crippen MR) is 52.7 cm³/mol. The standard InChI is InChI=1S/C8H8ClNO3S/c9-7-3-1-6(2-4-7)8(11)5-10-14(12)13/h1-4,10H,5H2,(H,12,13)/p-1. The molecule has 0 aromatic heterocycles. The van der Waals surface area contributed by atoms with Crippen molar-refractivity contribution in [2.45, 2.75) is 0 Å². The molecule has 0 saturated carbocycles. The van der Waals surface area contributed by atoms with E-state index in [4.69, 9.17) is 11.6 Å². The Morgan fingerprint density at radius 1 is 1.43 bits per heavy atom. The van der Waals surface area contributed by atoms with E-state index in [-0.39, 0.29) is 12.3 Å². The van der Waals surface area contributed by atoms with Crippen molar-refractivity contribution in [2.75, 3.05) is 6.54 Å². The van der Waals surface area contributed by atoms with Crippen LogP contribution in [0, 0.1) is 0 Å². The summed E-state index contributed by atoms with van der Waals surface area (Å²) in [5.74, 6) is -0.300. The Kier molecular flexibility index (Phi) is 4.21. The van der Waals surface area contributed by atoms with Crippen LogP contribution in [0.1, 0.15) is 10.4 Å². The number of rotatable bonds is 4. The minimum absolute atomic E-state index is 0.238. The van der Waals surface area contributed by atoms with Crippen LogP contribution in [-0.2, 0) is 11.3 Å². The molecular weight excluding hydrogens is 226 g/mol. The molecule has 76 valence electrons. The van der Waals surface area contributed by atoms with Gasteiger partial charge in [-0.15, -0.1) is 0 Å². The predicted octanol–water partition coefficient (Wildman–Crippen LogP) is 0.906. The molecule has 0 fully saturated rings. The van der Waals surface area contributed by atoms with Crippen molar-refractivity contribution in [1.29, 1.82) is 0 Å². The fourth-order valence-electron chi connectivity index (χ4n) is 0.862. The second-order valence-corrected chi connectivity index (χ2v) is 3.68. The van der Waals surface area contributed by atoms with Crippen molar-refractivity contribution in [1.82, 2.24) is 4.72 Å². The number of Topliss-reactive ketones (excluding diaryl/α,β-unsaturated/α-hetero) is 1. The number of nitrogens with one attached hydrogen (secondary N) is 1. The second-order valence-electron chi connectivity index (χ2n) is 2.49. The van der Waals surface area contributed by atoms with Gasteiger partial charge in [0, 0.05) is 21.9 Å². The molecule has 6 heteroatoms. The van der Waals surface area contributed by atoms with Gasteiger partial charge in [-0.25, -0.2) is 4.72 Å². The zero-order chi connectivity index (χ0) is 10.6. The molecule has 0 aliphatic heterocycles. The van der Waals surface area contributed by atoms with Gasteiger partial charge < -0.3 is 4.55 Å². The lowest BCUT2D eigenvalue weighted by Crippen LogP contribution is -2.24. The zero-order valence-electron chi connectivity index (χ0n) is 7.03. The van der Waals surface area contributed by atoms with Crippen LogP contribution in [0.2, 0.25) is 5.02 Å². The first kappa shape index (κ1) is 11.3. The van der Waals surface area contributed by atoms with Crippen LogP contribution in [-0.4, -0.2) is 21.1 Å². The van der Waals surface area contributed by atoms with Crippen LogP contribution < -0.4 is 4.72 Å². The highest BCUT2D eigenvalue weighted by molar-refractivity contribution is 7.77. The van der Waals surface area contributed by atoms with Crippen molar-refractivity contribution in [3.8, 4) is 0 Å². The number of ketones is 1. The maximum absolute atomic E-state index is 11.3. The molecule has 4 nitrogen and oxygen atoms in total. The van der Waals surface area contributed by atoms with E-state index in [2.05, 4.69) is 0 Å². The Morgan fingerprint density at radius 3 is 2.50 bits per heavy atom. The van der Waals surface area contributed by atoms with Crippen LogP contribution in [0.5, 0.6) is 0 Å². The molecule has 0 saturated heterocycles. The number of benzene rings is 1. The normalized spacial score (nSPS) is 12.4. The van der Waals surface area contributed by atoms with Gasteiger partial charge in [0.25, 0.3) is 0 Å². The van der Waals surface area contributed by atoms with Crippen molar-refractivity contribution >= 4 is 28.7 Å². The number of halogens is 1. The highest BCUT2D eigenvalue weighted by Crippen LogP contribution is 2.09. The van der Waals surface area contributed by atoms with Gasteiger partial charge >= 0.3 is 0 Å². The molecule has 1 N–H and O–H groups in total. The molecule has 1 aromatic carbocycles. The first-order valence-electron chi connectivity index (χ1n) is 3.71. The quantitative estimate of drug-likeness (QED) is 0.620. The monoisotopic (exact) mass is 232 g/mol. The molecule has 0 aliphatic carbocycles. The summed E-state index contributed by atoms with van der Waals surface area (Å²) >= 11 is 3.21. The summed E-state index contributed by atoms with van der Waals surface area (Å²) in [5, 5.41) is 0.530. The average Bonchev–Trinajstić information content (AvgIpc) is 2.15. The SMILES string of the molecule is O=C(CNS(=O)[O-])c1ccc(Cl)cc1. The van der Waals surface area contributed by atoms with Gasteiger partial charge in [0.05, 0.1) is 6.54 Å². The summed E-state index contributed by atoms with van der Waals surface area (Å²) < 4.78 is 22.2. The Morgan fingerprint density at radius 2 is 2.00 bits per heavy atom. The van der Waals surface area contributed by atoms with Gasteiger partial charge in [-0.2, -0.15) is 0 Å². The fraction of sp³-hybridized carbons (Fsp3) is 0.125. The summed E-state index contributed by atoms with van der Waals surface area (Å²) in [7, 11) is 0. The summed E-state index contributed by atoms with van der Waals surface area (Å²) in [6.07, 6.45) is 0. The number of carbonyl (C=O) groups excluding carboxylic acids is 1. The molecule has 0 spiro atoms. The molecular formula is C8H7ClNO3S-. The lowest BCUT2D eigenvalue weighted by Gasteiger charge is -2.05. The second kappa shape index (κ2) is 5.21. The summed E-state index contributed by atoms with van der Waals surface area (Å²) in [6, 6.07) is 6.23. The first-order valence-corrected chi connectivity index (χ1v) is 5.16. The summed E-state index contributed by atoms with van der Waals surface area (Å²) in [4.78, 5) is 11.3. The van der Waals surface area contributed by atoms with Gasteiger partial charge in [-0.05, 0) is 24.3 Å². The molecule has 1 unspecified atom stereocenters. The van der Waals surface area contributed by atoms with Crippen LogP contribution >= 0.6 is 11.6 Å². The highest BCUT2D eigenvalue weighted by atomic mass is 35.5. The Balaban J connectivity index is 2.61. The molecule has 0 aliphatic rings. The van der Waals surface area contributed by atoms with Crippen molar-refractivity contribution in [3.63, 3.8) is 0 Å². The topological polar surface area (TPSA) is 69.2 Å². The van der Waals surface area contributed by atoms with E-state index in [9.17, 15) is 13.6 Å². The highest BCUT2D eigenvalue weighted by Gasteiger charge is 2.04. The Labute approximate surface area is 88.7 Å². The fourth-order valence-corrected chi connectivity index (χ4v) is 1.24. The summed E-state index contributed by atoms with van der Waals surface area (Å²) in [5.41, 5.74) is 0.423. The van der Waals surface area contributed by atoms with Crippen molar-refractivity contribution < 1.29 is 13.6 Å². The van der Waals surface area contributed by atoms with Crippen LogP contribution in [0.15, 0.2) is 24.3 Å². The van der Waals surface area contributed by atoms with Crippen molar-refractivity contribution in [3.05, 3.63) is 34.9 Å². The molecule has 0 bridgehead atoms. The van der Waals surface area contributed by atoms with E-state index in [1.807, 2.05) is 4.72 Å². The number of carbonyl (C=O) groups is 1. The van der Waals surface area contributed by atoms with Gasteiger partial charge in [0.15, 0.2) is 5.78 Å². The van der Waals surface area contributed by atoms with Gasteiger partial charge in [0.2, 0.25) is 0 Å². The van der Waals surface area contributed by atoms with Gasteiger partial charge in [0.1, 0.15) is 0 Å². The maximum atomic E-state index is 11.3. The van der Waals surface area contributed by atoms with E-state index >= 15 is 0 Å². The van der Waals surface area contributed by atoms with E-state index in [1.54, 1.807) is 24.3 Å². The molecule has 1 atom stereocenters. The largest absolute Gasteiger partial charge is 0.760 e. The van der Waals surface area contributed by atoms with Crippen LogP contribution in [0.25, 0.3) is 0 Å². The number of hydrogen-bond acceptors (Lipinski definition) is 3. The van der Waals surface area contributed by atoms with Crippen molar-refractivity contribution in [2.24, 2.45) is 0 Å². The van der Waals surface area contributed by atoms with Crippen LogP contribution in [0.4, 0.5) is 0 Å². The molecule has 14 heavy (non-hydrogen) atoms. The Bertz CT molecular complexity index is 352. The minimum atomic E-state index is -2.41. The maximum Gasteiger partial charge on any atom is 0.177 e. The Hall–Kier alpha value is -0.750. The summed E-state index contributed by atoms with van der Waals surface area (Å²) in [6.45, 7) is -0.238. The van der Waals surface area contributed by atoms with Crippen LogP contribution in [0.3, 0.4) is 0 Å². The molecule has 0 amide bonds. The molecule has 1 rings (SSSR count). The first-order chi connectivity index (χ1) is 6.59. The molecule has 0 radical (unpaired) electrons. The third kappa shape index (κ3) is 3.55. The number of hydrogen-bond donors (Lipinski definition) is 1. The lowest BCUT2D eigenvalue weighted by molar-refractivity contribution is 0.0997. The van der Waals surface area contributed by atoms with E-state index < -0.39 is 11.3 Å². The smallest absolute Gasteiger partial charge is 0.177 e. The van der Waals surface area contributed by atoms with Gasteiger partial charge in [-0.1, -0.05) is 11.6 Å². The molecule has 0 heterocycles. The lowest BCUT2D eigenvalue weighted by atomic mass is 10.1. The minimum Gasteiger partial charge on any atom is -0.760 e. The van der Waals surface area contributed by atoms with E-state index in [1.165, 1.54) is 0 Å². The molecule has 1 aromatic rings. The average molecular weight is 233 g/mol. The third-order valence-electron chi connectivity index (χ3n) is 1.52. The zero-order valence-corrected chi connectivity index (χ0v) is 8.60.